The number of anilines is 1. The fourth-order valence-electron chi connectivity index (χ4n) is 2.01. The van der Waals surface area contributed by atoms with Gasteiger partial charge in [-0.1, -0.05) is 0 Å². The number of nitrogens with zero attached hydrogens (tertiary/aromatic N) is 1. The first kappa shape index (κ1) is 15.2. The van der Waals surface area contributed by atoms with E-state index in [4.69, 9.17) is 4.74 Å². The summed E-state index contributed by atoms with van der Waals surface area (Å²) < 4.78 is 22.3. The van der Waals surface area contributed by atoms with Gasteiger partial charge in [0.25, 0.3) is 5.91 Å². The van der Waals surface area contributed by atoms with Crippen LogP contribution in [0.25, 0.3) is 11.3 Å². The SMILES string of the molecule is COc1ccc(-c2cc(C(=O)Nc3ccc(F)cc3)sn2)cc1. The highest BCUT2D eigenvalue weighted by Crippen LogP contribution is 2.24. The summed E-state index contributed by atoms with van der Waals surface area (Å²) in [6.07, 6.45) is 0. The summed E-state index contributed by atoms with van der Waals surface area (Å²) in [5.41, 5.74) is 2.17. The molecule has 0 aliphatic rings. The molecule has 0 spiro atoms. The zero-order valence-corrected chi connectivity index (χ0v) is 13.1. The van der Waals surface area contributed by atoms with Crippen molar-refractivity contribution in [2.45, 2.75) is 0 Å². The van der Waals surface area contributed by atoms with Gasteiger partial charge < -0.3 is 10.1 Å². The first-order valence-electron chi connectivity index (χ1n) is 6.84. The van der Waals surface area contributed by atoms with Crippen LogP contribution in [0, 0.1) is 5.82 Å². The van der Waals surface area contributed by atoms with Crippen molar-refractivity contribution in [1.29, 1.82) is 0 Å². The average molecular weight is 328 g/mol. The van der Waals surface area contributed by atoms with E-state index < -0.39 is 0 Å². The van der Waals surface area contributed by atoms with Crippen LogP contribution in [0.15, 0.2) is 54.6 Å². The quantitative estimate of drug-likeness (QED) is 0.780. The third-order valence-electron chi connectivity index (χ3n) is 3.22. The van der Waals surface area contributed by atoms with E-state index in [1.165, 1.54) is 24.3 Å². The molecule has 1 heterocycles. The Labute approximate surface area is 136 Å². The molecule has 3 rings (SSSR count). The monoisotopic (exact) mass is 328 g/mol. The number of nitrogens with one attached hydrogen (secondary N) is 1. The van der Waals surface area contributed by atoms with Gasteiger partial charge in [-0.05, 0) is 66.1 Å². The predicted molar refractivity (Wildman–Crippen MR) is 88.5 cm³/mol. The van der Waals surface area contributed by atoms with Gasteiger partial charge >= 0.3 is 0 Å². The third-order valence-corrected chi connectivity index (χ3v) is 4.01. The van der Waals surface area contributed by atoms with Crippen LogP contribution in [0.4, 0.5) is 10.1 Å². The number of aromatic nitrogens is 1. The molecule has 0 bridgehead atoms. The molecular weight excluding hydrogens is 315 g/mol. The van der Waals surface area contributed by atoms with Crippen LogP contribution in [-0.2, 0) is 0 Å². The van der Waals surface area contributed by atoms with Crippen LogP contribution in [0.1, 0.15) is 9.67 Å². The van der Waals surface area contributed by atoms with Gasteiger partial charge in [-0.2, -0.15) is 4.37 Å². The smallest absolute Gasteiger partial charge is 0.267 e. The highest BCUT2D eigenvalue weighted by molar-refractivity contribution is 7.08. The van der Waals surface area contributed by atoms with Crippen LogP contribution in [0.3, 0.4) is 0 Å². The van der Waals surface area contributed by atoms with Gasteiger partial charge in [0, 0.05) is 11.3 Å². The number of amides is 1. The van der Waals surface area contributed by atoms with Gasteiger partial charge in [-0.25, -0.2) is 4.39 Å². The van der Waals surface area contributed by atoms with E-state index in [2.05, 4.69) is 9.69 Å². The highest BCUT2D eigenvalue weighted by Gasteiger charge is 2.12. The zero-order chi connectivity index (χ0) is 16.2. The summed E-state index contributed by atoms with van der Waals surface area (Å²) in [6.45, 7) is 0. The Morgan fingerprint density at radius 3 is 2.48 bits per heavy atom. The minimum absolute atomic E-state index is 0.270. The van der Waals surface area contributed by atoms with Crippen molar-refractivity contribution in [2.75, 3.05) is 12.4 Å². The summed E-state index contributed by atoms with van der Waals surface area (Å²) in [5.74, 6) is 0.148. The topological polar surface area (TPSA) is 51.2 Å². The summed E-state index contributed by atoms with van der Waals surface area (Å²) in [6, 6.07) is 14.8. The molecular formula is C17H13FN2O2S. The number of hydrogen-bond donors (Lipinski definition) is 1. The van der Waals surface area contributed by atoms with Gasteiger partial charge in [-0.3, -0.25) is 4.79 Å². The number of halogens is 1. The maximum atomic E-state index is 12.9. The van der Waals surface area contributed by atoms with Crippen molar-refractivity contribution in [2.24, 2.45) is 0 Å². The van der Waals surface area contributed by atoms with E-state index in [1.54, 1.807) is 13.2 Å². The molecule has 4 nitrogen and oxygen atoms in total. The molecule has 0 saturated heterocycles. The van der Waals surface area contributed by atoms with Crippen molar-refractivity contribution < 1.29 is 13.9 Å². The molecule has 0 aliphatic heterocycles. The van der Waals surface area contributed by atoms with E-state index in [1.807, 2.05) is 24.3 Å². The fourth-order valence-corrected chi connectivity index (χ4v) is 2.66. The minimum Gasteiger partial charge on any atom is -0.497 e. The Bertz CT molecular complexity index is 813. The molecule has 0 atom stereocenters. The van der Waals surface area contributed by atoms with Gasteiger partial charge in [-0.15, -0.1) is 0 Å². The molecule has 1 N–H and O–H groups in total. The van der Waals surface area contributed by atoms with Crippen LogP contribution in [-0.4, -0.2) is 17.4 Å². The Morgan fingerprint density at radius 1 is 1.13 bits per heavy atom. The highest BCUT2D eigenvalue weighted by atomic mass is 32.1. The van der Waals surface area contributed by atoms with Crippen LogP contribution in [0.2, 0.25) is 0 Å². The lowest BCUT2D eigenvalue weighted by atomic mass is 10.1. The second-order valence-corrected chi connectivity index (χ2v) is 5.57. The molecule has 1 aromatic heterocycles. The van der Waals surface area contributed by atoms with Crippen LogP contribution < -0.4 is 10.1 Å². The van der Waals surface area contributed by atoms with Crippen molar-refractivity contribution in [3.63, 3.8) is 0 Å². The lowest BCUT2D eigenvalue weighted by Crippen LogP contribution is -2.09. The molecule has 23 heavy (non-hydrogen) atoms. The maximum Gasteiger partial charge on any atom is 0.267 e. The number of rotatable bonds is 4. The van der Waals surface area contributed by atoms with E-state index >= 15 is 0 Å². The molecule has 0 fully saturated rings. The Hall–Kier alpha value is -2.73. The minimum atomic E-state index is -0.345. The van der Waals surface area contributed by atoms with E-state index in [0.717, 1.165) is 28.5 Å². The molecule has 3 aromatic rings. The van der Waals surface area contributed by atoms with E-state index in [-0.39, 0.29) is 11.7 Å². The van der Waals surface area contributed by atoms with E-state index in [9.17, 15) is 9.18 Å². The largest absolute Gasteiger partial charge is 0.497 e. The Kier molecular flexibility index (Phi) is 4.34. The van der Waals surface area contributed by atoms with Crippen LogP contribution in [0.5, 0.6) is 5.75 Å². The summed E-state index contributed by atoms with van der Waals surface area (Å²) >= 11 is 1.12. The van der Waals surface area contributed by atoms with E-state index in [0.29, 0.717) is 10.6 Å². The first-order valence-corrected chi connectivity index (χ1v) is 7.61. The van der Waals surface area contributed by atoms with Gasteiger partial charge in [0.05, 0.1) is 12.8 Å². The fraction of sp³-hybridized carbons (Fsp3) is 0.0588. The maximum absolute atomic E-state index is 12.9. The number of methoxy groups -OCH3 is 1. The van der Waals surface area contributed by atoms with Gasteiger partial charge in [0.15, 0.2) is 0 Å². The normalized spacial score (nSPS) is 10.3. The summed E-state index contributed by atoms with van der Waals surface area (Å²) in [5, 5.41) is 2.71. The zero-order valence-electron chi connectivity index (χ0n) is 12.2. The number of carbonyl (C=O) groups is 1. The Balaban J connectivity index is 1.75. The molecule has 0 saturated carbocycles. The van der Waals surface area contributed by atoms with Crippen LogP contribution >= 0.6 is 11.5 Å². The second kappa shape index (κ2) is 6.58. The van der Waals surface area contributed by atoms with Gasteiger partial charge in [0.1, 0.15) is 16.4 Å². The molecule has 116 valence electrons. The van der Waals surface area contributed by atoms with Gasteiger partial charge in [0.2, 0.25) is 0 Å². The Morgan fingerprint density at radius 2 is 1.83 bits per heavy atom. The number of ether oxygens (including phenoxy) is 1. The van der Waals surface area contributed by atoms with Crippen molar-refractivity contribution in [1.82, 2.24) is 4.37 Å². The second-order valence-electron chi connectivity index (χ2n) is 4.77. The lowest BCUT2D eigenvalue weighted by Gasteiger charge is -2.02. The van der Waals surface area contributed by atoms with Crippen molar-refractivity contribution in [3.8, 4) is 17.0 Å². The predicted octanol–water partition coefficient (Wildman–Crippen LogP) is 4.21. The standard InChI is InChI=1S/C17H13FN2O2S/c1-22-14-8-2-11(3-9-14)15-10-16(23-20-15)17(21)19-13-6-4-12(18)5-7-13/h2-10H,1H3,(H,19,21). The number of benzene rings is 2. The number of carbonyl (C=O) groups excluding carboxylic acids is 1. The first-order chi connectivity index (χ1) is 11.2. The molecule has 2 aromatic carbocycles. The molecule has 6 heteroatoms. The molecule has 0 unspecified atom stereocenters. The molecule has 0 radical (unpaired) electrons. The van der Waals surface area contributed by atoms with Crippen molar-refractivity contribution >= 4 is 23.1 Å². The van der Waals surface area contributed by atoms with Crippen molar-refractivity contribution in [3.05, 3.63) is 65.3 Å². The summed E-state index contributed by atoms with van der Waals surface area (Å²) in [7, 11) is 1.61. The average Bonchev–Trinajstić information content (AvgIpc) is 3.07. The molecule has 0 aliphatic carbocycles. The summed E-state index contributed by atoms with van der Waals surface area (Å²) in [4.78, 5) is 12.7. The molecule has 1 amide bonds. The lowest BCUT2D eigenvalue weighted by molar-refractivity contribution is 0.103. The number of hydrogen-bond acceptors (Lipinski definition) is 4. The third kappa shape index (κ3) is 3.54.